The van der Waals surface area contributed by atoms with Gasteiger partial charge in [-0.1, -0.05) is 6.07 Å². The highest BCUT2D eigenvalue weighted by Gasteiger charge is 2.16. The zero-order chi connectivity index (χ0) is 15.3. The third-order valence-electron chi connectivity index (χ3n) is 2.95. The molecular formula is C13H19N5O2S. The highest BCUT2D eigenvalue weighted by atomic mass is 32.2. The van der Waals surface area contributed by atoms with E-state index < -0.39 is 10.0 Å². The maximum Gasteiger partial charge on any atom is 0.243 e. The first-order chi connectivity index (χ1) is 10.0. The summed E-state index contributed by atoms with van der Waals surface area (Å²) in [5, 5.41) is 7.01. The van der Waals surface area contributed by atoms with Crippen LogP contribution in [0.4, 0.5) is 0 Å². The van der Waals surface area contributed by atoms with Crippen LogP contribution in [0.3, 0.4) is 0 Å². The maximum atomic E-state index is 12.2. The fourth-order valence-electron chi connectivity index (χ4n) is 1.70. The number of sulfonamides is 1. The molecule has 2 N–H and O–H groups in total. The number of nitrogens with one attached hydrogen (secondary N) is 2. The zero-order valence-corrected chi connectivity index (χ0v) is 12.9. The molecule has 0 aliphatic heterocycles. The average Bonchev–Trinajstić information content (AvgIpc) is 2.94. The normalized spacial score (nSPS) is 11.7. The molecule has 114 valence electrons. The van der Waals surface area contributed by atoms with Crippen molar-refractivity contribution in [2.75, 3.05) is 13.6 Å². The fraction of sp³-hybridized carbons (Fsp3) is 0.385. The Morgan fingerprint density at radius 1 is 1.29 bits per heavy atom. The largest absolute Gasteiger partial charge is 0.318 e. The minimum absolute atomic E-state index is 0.165. The summed E-state index contributed by atoms with van der Waals surface area (Å²) in [6.45, 7) is 3.43. The molecule has 2 aromatic heterocycles. The average molecular weight is 309 g/mol. The Kier molecular flexibility index (Phi) is 5.05. The molecule has 0 aromatic carbocycles. The van der Waals surface area contributed by atoms with E-state index in [4.69, 9.17) is 0 Å². The summed E-state index contributed by atoms with van der Waals surface area (Å²) in [7, 11) is -1.72. The predicted molar refractivity (Wildman–Crippen MR) is 79.2 cm³/mol. The summed E-state index contributed by atoms with van der Waals surface area (Å²) < 4.78 is 28.5. The van der Waals surface area contributed by atoms with E-state index >= 15 is 0 Å². The van der Waals surface area contributed by atoms with Gasteiger partial charge in [0.25, 0.3) is 0 Å². The molecule has 2 aromatic rings. The lowest BCUT2D eigenvalue weighted by molar-refractivity contribution is 0.576. The molecule has 0 saturated heterocycles. The van der Waals surface area contributed by atoms with E-state index in [-0.39, 0.29) is 11.4 Å². The number of pyridine rings is 1. The van der Waals surface area contributed by atoms with Gasteiger partial charge in [-0.3, -0.25) is 9.67 Å². The van der Waals surface area contributed by atoms with Crippen LogP contribution in [0.1, 0.15) is 11.3 Å². The van der Waals surface area contributed by atoms with Crippen molar-refractivity contribution in [3.8, 4) is 0 Å². The highest BCUT2D eigenvalue weighted by molar-refractivity contribution is 7.89. The standard InChI is InChI=1S/C13H19N5O2S/c1-11-3-4-12(7-15-11)8-17-21(19,20)13-9-16-18(10-13)6-5-14-2/h3-4,7,9-10,14,17H,5-6,8H2,1-2H3. The molecule has 0 saturated carbocycles. The lowest BCUT2D eigenvalue weighted by atomic mass is 10.2. The molecule has 7 nitrogen and oxygen atoms in total. The van der Waals surface area contributed by atoms with E-state index in [1.807, 2.05) is 26.1 Å². The predicted octanol–water partition coefficient (Wildman–Crippen LogP) is 0.284. The Bertz CT molecular complexity index is 679. The van der Waals surface area contributed by atoms with Crippen LogP contribution < -0.4 is 10.0 Å². The van der Waals surface area contributed by atoms with Gasteiger partial charge in [0.1, 0.15) is 4.90 Å². The molecule has 0 fully saturated rings. The van der Waals surface area contributed by atoms with E-state index in [1.54, 1.807) is 10.9 Å². The summed E-state index contributed by atoms with van der Waals surface area (Å²) in [5.41, 5.74) is 1.71. The molecule has 0 spiro atoms. The van der Waals surface area contributed by atoms with Crippen molar-refractivity contribution in [2.45, 2.75) is 24.9 Å². The summed E-state index contributed by atoms with van der Waals surface area (Å²) in [6.07, 6.45) is 4.53. The summed E-state index contributed by atoms with van der Waals surface area (Å²) >= 11 is 0. The number of hydrogen-bond acceptors (Lipinski definition) is 5. The van der Waals surface area contributed by atoms with E-state index in [9.17, 15) is 8.42 Å². The monoisotopic (exact) mass is 309 g/mol. The first-order valence-electron chi connectivity index (χ1n) is 6.59. The van der Waals surface area contributed by atoms with Crippen LogP contribution in [0.5, 0.6) is 0 Å². The number of rotatable bonds is 7. The van der Waals surface area contributed by atoms with Crippen molar-refractivity contribution in [2.24, 2.45) is 0 Å². The molecule has 0 amide bonds. The van der Waals surface area contributed by atoms with Crippen molar-refractivity contribution in [1.82, 2.24) is 24.8 Å². The Balaban J connectivity index is 2.00. The molecule has 0 radical (unpaired) electrons. The zero-order valence-electron chi connectivity index (χ0n) is 12.1. The van der Waals surface area contributed by atoms with Gasteiger partial charge in [0.15, 0.2) is 0 Å². The Labute approximate surface area is 124 Å². The number of nitrogens with zero attached hydrogens (tertiary/aromatic N) is 3. The van der Waals surface area contributed by atoms with Crippen molar-refractivity contribution >= 4 is 10.0 Å². The summed E-state index contributed by atoms with van der Waals surface area (Å²) in [6, 6.07) is 3.70. The molecule has 0 atom stereocenters. The number of likely N-dealkylation sites (N-methyl/N-ethyl adjacent to an activating group) is 1. The van der Waals surface area contributed by atoms with Crippen LogP contribution in [0.25, 0.3) is 0 Å². The molecule has 21 heavy (non-hydrogen) atoms. The molecule has 2 heterocycles. The Hall–Kier alpha value is -1.77. The van der Waals surface area contributed by atoms with Gasteiger partial charge in [-0.25, -0.2) is 13.1 Å². The van der Waals surface area contributed by atoms with Crippen LogP contribution in [0.15, 0.2) is 35.6 Å². The topological polar surface area (TPSA) is 88.9 Å². The minimum Gasteiger partial charge on any atom is -0.318 e. The van der Waals surface area contributed by atoms with Gasteiger partial charge < -0.3 is 5.32 Å². The van der Waals surface area contributed by atoms with Crippen LogP contribution in [-0.2, 0) is 23.1 Å². The minimum atomic E-state index is -3.55. The Morgan fingerprint density at radius 3 is 2.76 bits per heavy atom. The van der Waals surface area contributed by atoms with Gasteiger partial charge in [-0.15, -0.1) is 0 Å². The quantitative estimate of drug-likeness (QED) is 0.767. The lowest BCUT2D eigenvalue weighted by Gasteiger charge is -2.05. The van der Waals surface area contributed by atoms with Crippen LogP contribution >= 0.6 is 0 Å². The first kappa shape index (κ1) is 15.6. The molecule has 0 bridgehead atoms. The molecule has 0 unspecified atom stereocenters. The van der Waals surface area contributed by atoms with Gasteiger partial charge in [-0.05, 0) is 25.6 Å². The van der Waals surface area contributed by atoms with Gasteiger partial charge in [0.05, 0.1) is 12.7 Å². The van der Waals surface area contributed by atoms with Gasteiger partial charge >= 0.3 is 0 Å². The smallest absolute Gasteiger partial charge is 0.243 e. The van der Waals surface area contributed by atoms with Crippen molar-refractivity contribution in [3.05, 3.63) is 42.0 Å². The third-order valence-corrected chi connectivity index (χ3v) is 4.31. The molecule has 0 aliphatic carbocycles. The number of hydrogen-bond donors (Lipinski definition) is 2. The number of aryl methyl sites for hydroxylation is 1. The second-order valence-electron chi connectivity index (χ2n) is 4.68. The van der Waals surface area contributed by atoms with Crippen LogP contribution in [0.2, 0.25) is 0 Å². The van der Waals surface area contributed by atoms with E-state index in [2.05, 4.69) is 20.1 Å². The lowest BCUT2D eigenvalue weighted by Crippen LogP contribution is -2.23. The molecule has 0 aliphatic rings. The molecular weight excluding hydrogens is 290 g/mol. The van der Waals surface area contributed by atoms with Crippen molar-refractivity contribution in [1.29, 1.82) is 0 Å². The fourth-order valence-corrected chi connectivity index (χ4v) is 2.67. The maximum absolute atomic E-state index is 12.2. The summed E-state index contributed by atoms with van der Waals surface area (Å²) in [4.78, 5) is 4.30. The molecule has 2 rings (SSSR count). The first-order valence-corrected chi connectivity index (χ1v) is 8.08. The summed E-state index contributed by atoms with van der Waals surface area (Å²) in [5.74, 6) is 0. The van der Waals surface area contributed by atoms with E-state index in [0.717, 1.165) is 17.8 Å². The van der Waals surface area contributed by atoms with E-state index in [0.29, 0.717) is 6.54 Å². The molecule has 8 heteroatoms. The van der Waals surface area contributed by atoms with Crippen molar-refractivity contribution in [3.63, 3.8) is 0 Å². The van der Waals surface area contributed by atoms with Gasteiger partial charge in [0.2, 0.25) is 10.0 Å². The van der Waals surface area contributed by atoms with Crippen LogP contribution in [-0.4, -0.2) is 36.8 Å². The van der Waals surface area contributed by atoms with Crippen molar-refractivity contribution < 1.29 is 8.42 Å². The third kappa shape index (κ3) is 4.35. The van der Waals surface area contributed by atoms with Gasteiger partial charge in [-0.2, -0.15) is 5.10 Å². The second kappa shape index (κ2) is 6.79. The Morgan fingerprint density at radius 2 is 2.10 bits per heavy atom. The SMILES string of the molecule is CNCCn1cc(S(=O)(=O)NCc2ccc(C)nc2)cn1. The second-order valence-corrected chi connectivity index (χ2v) is 6.44. The number of aromatic nitrogens is 3. The van der Waals surface area contributed by atoms with E-state index in [1.165, 1.54) is 12.4 Å². The van der Waals surface area contributed by atoms with Gasteiger partial charge in [0, 0.05) is 31.2 Å². The van der Waals surface area contributed by atoms with Crippen LogP contribution in [0, 0.1) is 6.92 Å². The highest BCUT2D eigenvalue weighted by Crippen LogP contribution is 2.08.